The second kappa shape index (κ2) is 6.88. The summed E-state index contributed by atoms with van der Waals surface area (Å²) in [5.41, 5.74) is 7.04. The van der Waals surface area contributed by atoms with E-state index in [4.69, 9.17) is 5.73 Å². The first-order valence-corrected chi connectivity index (χ1v) is 6.72. The van der Waals surface area contributed by atoms with Crippen molar-refractivity contribution < 1.29 is 4.39 Å². The standard InChI is InChI=1S/C16H18FN3/c1-2-4-16-19-9-10-20(16)12-14-6-7-15(17)11-13(14)5-3-8-18/h6-7,9-11H,2,4,8,12,18H2,1H3. The molecule has 0 fully saturated rings. The van der Waals surface area contributed by atoms with Gasteiger partial charge >= 0.3 is 0 Å². The topological polar surface area (TPSA) is 43.8 Å². The fraction of sp³-hybridized carbons (Fsp3) is 0.312. The van der Waals surface area contributed by atoms with Crippen LogP contribution in [0.15, 0.2) is 30.6 Å². The highest BCUT2D eigenvalue weighted by molar-refractivity contribution is 5.42. The maximum atomic E-state index is 13.3. The zero-order valence-corrected chi connectivity index (χ0v) is 11.6. The molecule has 0 bridgehead atoms. The van der Waals surface area contributed by atoms with Gasteiger partial charge in [-0.25, -0.2) is 9.37 Å². The maximum absolute atomic E-state index is 13.3. The quantitative estimate of drug-likeness (QED) is 0.867. The lowest BCUT2D eigenvalue weighted by Crippen LogP contribution is -2.06. The summed E-state index contributed by atoms with van der Waals surface area (Å²) >= 11 is 0. The minimum Gasteiger partial charge on any atom is -0.330 e. The fourth-order valence-electron chi connectivity index (χ4n) is 2.07. The molecule has 0 spiro atoms. The van der Waals surface area contributed by atoms with Crippen molar-refractivity contribution >= 4 is 0 Å². The molecule has 20 heavy (non-hydrogen) atoms. The number of hydrogen-bond acceptors (Lipinski definition) is 2. The molecule has 1 heterocycles. The molecule has 0 aliphatic heterocycles. The van der Waals surface area contributed by atoms with Crippen LogP contribution in [0.1, 0.15) is 30.3 Å². The zero-order valence-electron chi connectivity index (χ0n) is 11.6. The van der Waals surface area contributed by atoms with Crippen LogP contribution in [0.2, 0.25) is 0 Å². The number of aromatic nitrogens is 2. The largest absolute Gasteiger partial charge is 0.330 e. The van der Waals surface area contributed by atoms with Gasteiger partial charge in [0.15, 0.2) is 0 Å². The van der Waals surface area contributed by atoms with Crippen LogP contribution in [0.5, 0.6) is 0 Å². The lowest BCUT2D eigenvalue weighted by Gasteiger charge is -2.09. The molecule has 2 aromatic rings. The molecule has 0 saturated heterocycles. The Kier molecular flexibility index (Phi) is 4.91. The second-order valence-electron chi connectivity index (χ2n) is 4.53. The van der Waals surface area contributed by atoms with Crippen LogP contribution in [-0.4, -0.2) is 16.1 Å². The molecular formula is C16H18FN3. The van der Waals surface area contributed by atoms with E-state index in [1.54, 1.807) is 12.3 Å². The third-order valence-corrected chi connectivity index (χ3v) is 3.01. The molecule has 0 aliphatic carbocycles. The van der Waals surface area contributed by atoms with Gasteiger partial charge in [-0.1, -0.05) is 24.8 Å². The Bertz CT molecular complexity index is 635. The van der Waals surface area contributed by atoms with Crippen molar-refractivity contribution in [3.8, 4) is 11.8 Å². The van der Waals surface area contributed by atoms with Gasteiger partial charge in [0.05, 0.1) is 6.54 Å². The predicted molar refractivity (Wildman–Crippen MR) is 77.7 cm³/mol. The van der Waals surface area contributed by atoms with E-state index in [-0.39, 0.29) is 12.4 Å². The number of benzene rings is 1. The number of nitrogens with two attached hydrogens (primary N) is 1. The van der Waals surface area contributed by atoms with E-state index in [0.29, 0.717) is 12.1 Å². The smallest absolute Gasteiger partial charge is 0.124 e. The van der Waals surface area contributed by atoms with Crippen molar-refractivity contribution in [2.75, 3.05) is 6.54 Å². The van der Waals surface area contributed by atoms with Gasteiger partial charge in [0.25, 0.3) is 0 Å². The molecule has 3 nitrogen and oxygen atoms in total. The van der Waals surface area contributed by atoms with Crippen LogP contribution in [0.3, 0.4) is 0 Å². The molecule has 0 unspecified atom stereocenters. The molecule has 2 N–H and O–H groups in total. The third-order valence-electron chi connectivity index (χ3n) is 3.01. The third kappa shape index (κ3) is 3.46. The second-order valence-corrected chi connectivity index (χ2v) is 4.53. The van der Waals surface area contributed by atoms with E-state index in [1.165, 1.54) is 12.1 Å². The summed E-state index contributed by atoms with van der Waals surface area (Å²) in [5, 5.41) is 0. The predicted octanol–water partition coefficient (Wildman–Crippen LogP) is 2.33. The van der Waals surface area contributed by atoms with Crippen LogP contribution in [0.25, 0.3) is 0 Å². The molecular weight excluding hydrogens is 253 g/mol. The molecule has 1 aromatic heterocycles. The number of hydrogen-bond donors (Lipinski definition) is 1. The minimum atomic E-state index is -0.283. The summed E-state index contributed by atoms with van der Waals surface area (Å²) in [5.74, 6) is 6.46. The average molecular weight is 271 g/mol. The normalized spacial score (nSPS) is 10.2. The van der Waals surface area contributed by atoms with Crippen molar-refractivity contribution in [3.05, 3.63) is 53.4 Å². The molecule has 0 radical (unpaired) electrons. The number of imidazole rings is 1. The molecule has 0 aliphatic rings. The Hall–Kier alpha value is -2.12. The Balaban J connectivity index is 2.30. The van der Waals surface area contributed by atoms with Crippen molar-refractivity contribution in [1.82, 2.24) is 9.55 Å². The molecule has 0 atom stereocenters. The molecule has 1 aromatic carbocycles. The van der Waals surface area contributed by atoms with E-state index in [9.17, 15) is 4.39 Å². The number of nitrogens with zero attached hydrogens (tertiary/aromatic N) is 2. The lowest BCUT2D eigenvalue weighted by atomic mass is 10.1. The highest BCUT2D eigenvalue weighted by Gasteiger charge is 2.06. The van der Waals surface area contributed by atoms with Crippen LogP contribution in [0.4, 0.5) is 4.39 Å². The van der Waals surface area contributed by atoms with E-state index < -0.39 is 0 Å². The van der Waals surface area contributed by atoms with Gasteiger partial charge in [0.2, 0.25) is 0 Å². The van der Waals surface area contributed by atoms with E-state index in [1.807, 2.05) is 6.20 Å². The minimum absolute atomic E-state index is 0.266. The summed E-state index contributed by atoms with van der Waals surface area (Å²) in [7, 11) is 0. The molecule has 0 saturated carbocycles. The SMILES string of the molecule is CCCc1nccn1Cc1ccc(F)cc1C#CCN. The van der Waals surface area contributed by atoms with Crippen molar-refractivity contribution in [3.63, 3.8) is 0 Å². The molecule has 0 amide bonds. The monoisotopic (exact) mass is 271 g/mol. The fourth-order valence-corrected chi connectivity index (χ4v) is 2.07. The van der Waals surface area contributed by atoms with Gasteiger partial charge in [0, 0.05) is 30.9 Å². The summed E-state index contributed by atoms with van der Waals surface area (Å²) in [4.78, 5) is 4.34. The van der Waals surface area contributed by atoms with Gasteiger partial charge in [-0.05, 0) is 24.1 Å². The first-order valence-electron chi connectivity index (χ1n) is 6.72. The first kappa shape index (κ1) is 14.3. The summed E-state index contributed by atoms with van der Waals surface area (Å²) < 4.78 is 15.4. The summed E-state index contributed by atoms with van der Waals surface area (Å²) in [6.07, 6.45) is 5.70. The van der Waals surface area contributed by atoms with Crippen LogP contribution < -0.4 is 5.73 Å². The van der Waals surface area contributed by atoms with Crippen LogP contribution in [0, 0.1) is 17.7 Å². The average Bonchev–Trinajstić information content (AvgIpc) is 2.87. The van der Waals surface area contributed by atoms with E-state index >= 15 is 0 Å². The first-order chi connectivity index (χ1) is 9.74. The van der Waals surface area contributed by atoms with Gasteiger partial charge in [0.1, 0.15) is 11.6 Å². The highest BCUT2D eigenvalue weighted by atomic mass is 19.1. The zero-order chi connectivity index (χ0) is 14.4. The molecule has 4 heteroatoms. The van der Waals surface area contributed by atoms with Crippen molar-refractivity contribution in [1.29, 1.82) is 0 Å². The van der Waals surface area contributed by atoms with Gasteiger partial charge < -0.3 is 10.3 Å². The van der Waals surface area contributed by atoms with Gasteiger partial charge in [-0.3, -0.25) is 0 Å². The molecule has 2 rings (SSSR count). The molecule has 104 valence electrons. The number of aryl methyl sites for hydroxylation is 1. The Labute approximate surface area is 118 Å². The van der Waals surface area contributed by atoms with Crippen LogP contribution >= 0.6 is 0 Å². The Morgan fingerprint density at radius 2 is 2.25 bits per heavy atom. The Morgan fingerprint density at radius 1 is 1.40 bits per heavy atom. The lowest BCUT2D eigenvalue weighted by molar-refractivity contribution is 0.625. The number of rotatable bonds is 4. The van der Waals surface area contributed by atoms with Gasteiger partial charge in [-0.2, -0.15) is 0 Å². The van der Waals surface area contributed by atoms with E-state index in [2.05, 4.69) is 28.3 Å². The summed E-state index contributed by atoms with van der Waals surface area (Å²) in [6, 6.07) is 4.68. The van der Waals surface area contributed by atoms with Crippen molar-refractivity contribution in [2.45, 2.75) is 26.3 Å². The van der Waals surface area contributed by atoms with E-state index in [0.717, 1.165) is 24.2 Å². The van der Waals surface area contributed by atoms with Crippen LogP contribution in [-0.2, 0) is 13.0 Å². The van der Waals surface area contributed by atoms with Gasteiger partial charge in [-0.15, -0.1) is 0 Å². The Morgan fingerprint density at radius 3 is 3.00 bits per heavy atom. The maximum Gasteiger partial charge on any atom is 0.124 e. The summed E-state index contributed by atoms with van der Waals surface area (Å²) in [6.45, 7) is 3.03. The van der Waals surface area contributed by atoms with Crippen molar-refractivity contribution in [2.24, 2.45) is 5.73 Å². The number of halogens is 1. The highest BCUT2D eigenvalue weighted by Crippen LogP contribution is 2.14.